The van der Waals surface area contributed by atoms with Crippen molar-refractivity contribution in [2.24, 2.45) is 0 Å². The van der Waals surface area contributed by atoms with E-state index >= 15 is 0 Å². The maximum Gasteiger partial charge on any atom is 0.322 e. The molecule has 0 aliphatic carbocycles. The van der Waals surface area contributed by atoms with Crippen molar-refractivity contribution in [1.82, 2.24) is 24.9 Å². The van der Waals surface area contributed by atoms with Gasteiger partial charge in [0.2, 0.25) is 5.91 Å². The Hall–Kier alpha value is -3.46. The van der Waals surface area contributed by atoms with Gasteiger partial charge in [0.25, 0.3) is 0 Å². The number of fused-ring (bicyclic) bond motifs is 1. The molecule has 2 aromatic rings. The lowest BCUT2D eigenvalue weighted by atomic mass is 9.99. The van der Waals surface area contributed by atoms with E-state index in [1.807, 2.05) is 15.2 Å². The molecule has 0 unspecified atom stereocenters. The summed E-state index contributed by atoms with van der Waals surface area (Å²) in [5, 5.41) is 10.4. The van der Waals surface area contributed by atoms with E-state index in [0.717, 1.165) is 42.7 Å². The zero-order valence-corrected chi connectivity index (χ0v) is 26.5. The first-order valence-electron chi connectivity index (χ1n) is 15.6. The van der Waals surface area contributed by atoms with E-state index in [1.54, 1.807) is 28.4 Å². The van der Waals surface area contributed by atoms with Crippen LogP contribution in [-0.2, 0) is 17.8 Å². The Morgan fingerprint density at radius 3 is 2.43 bits per heavy atom. The van der Waals surface area contributed by atoms with Crippen LogP contribution in [0.25, 0.3) is 0 Å². The molecule has 234 valence electrons. The lowest BCUT2D eigenvalue weighted by Crippen LogP contribution is -2.57. The molecule has 1 aromatic carbocycles. The quantitative estimate of drug-likeness (QED) is 0.325. The minimum Gasteiger partial charge on any atom is -0.397 e. The molecule has 12 heteroatoms. The maximum absolute atomic E-state index is 14.0. The van der Waals surface area contributed by atoms with Crippen molar-refractivity contribution in [3.8, 4) is 12.3 Å². The average Bonchev–Trinajstić information content (AvgIpc) is 3.74. The van der Waals surface area contributed by atoms with Gasteiger partial charge in [-0.3, -0.25) is 4.79 Å². The number of benzene rings is 1. The summed E-state index contributed by atoms with van der Waals surface area (Å²) >= 11 is 7.96. The van der Waals surface area contributed by atoms with Crippen molar-refractivity contribution in [3.05, 3.63) is 44.6 Å². The van der Waals surface area contributed by atoms with Crippen LogP contribution < -0.4 is 16.4 Å². The van der Waals surface area contributed by atoms with Gasteiger partial charge in [0.05, 0.1) is 22.9 Å². The number of halogens is 1. The van der Waals surface area contributed by atoms with Crippen LogP contribution in [0.1, 0.15) is 55.2 Å². The number of carbonyl (C=O) groups is 3. The Balaban J connectivity index is 1.11. The van der Waals surface area contributed by atoms with E-state index in [0.29, 0.717) is 67.9 Å². The van der Waals surface area contributed by atoms with Gasteiger partial charge in [0.15, 0.2) is 0 Å². The van der Waals surface area contributed by atoms with Crippen LogP contribution >= 0.6 is 22.9 Å². The van der Waals surface area contributed by atoms with Crippen molar-refractivity contribution in [2.75, 3.05) is 50.3 Å². The van der Waals surface area contributed by atoms with Gasteiger partial charge < -0.3 is 36.0 Å². The minimum absolute atomic E-state index is 0.0422. The molecule has 0 radical (unpaired) electrons. The molecule has 6 rings (SSSR count). The number of urea groups is 2. The summed E-state index contributed by atoms with van der Waals surface area (Å²) in [5.74, 6) is 2.47. The van der Waals surface area contributed by atoms with Crippen molar-refractivity contribution >= 4 is 52.3 Å². The summed E-state index contributed by atoms with van der Waals surface area (Å²) in [5.41, 5.74) is 9.59. The number of amides is 5. The van der Waals surface area contributed by atoms with E-state index < -0.39 is 6.04 Å². The molecular formula is C32H40ClN7O3S. The van der Waals surface area contributed by atoms with Crippen molar-refractivity contribution < 1.29 is 14.4 Å². The minimum atomic E-state index is -0.779. The lowest BCUT2D eigenvalue weighted by molar-refractivity contribution is -0.134. The maximum atomic E-state index is 14.0. The average molecular weight is 638 g/mol. The van der Waals surface area contributed by atoms with Gasteiger partial charge in [-0.15, -0.1) is 17.8 Å². The van der Waals surface area contributed by atoms with E-state index in [-0.39, 0.29) is 30.4 Å². The summed E-state index contributed by atoms with van der Waals surface area (Å²) < 4.78 is 0. The predicted molar refractivity (Wildman–Crippen MR) is 174 cm³/mol. The molecule has 1 aromatic heterocycles. The Bertz CT molecular complexity index is 1440. The Morgan fingerprint density at radius 2 is 1.73 bits per heavy atom. The van der Waals surface area contributed by atoms with E-state index in [9.17, 15) is 14.4 Å². The normalized spacial score (nSPS) is 20.6. The Labute approximate surface area is 267 Å². The fourth-order valence-corrected chi connectivity index (χ4v) is 8.06. The number of anilines is 2. The number of hydrogen-bond donors (Lipinski definition) is 3. The molecule has 44 heavy (non-hydrogen) atoms. The molecule has 5 amide bonds. The van der Waals surface area contributed by atoms with Crippen LogP contribution in [-0.4, -0.2) is 95.0 Å². The molecule has 10 nitrogen and oxygen atoms in total. The van der Waals surface area contributed by atoms with Gasteiger partial charge in [-0.05, 0) is 74.7 Å². The summed E-state index contributed by atoms with van der Waals surface area (Å²) in [6, 6.07) is 2.89. The van der Waals surface area contributed by atoms with Crippen molar-refractivity contribution in [3.63, 3.8) is 0 Å². The van der Waals surface area contributed by atoms with Gasteiger partial charge in [0.1, 0.15) is 6.04 Å². The molecule has 0 bridgehead atoms. The molecule has 3 fully saturated rings. The molecule has 0 saturated carbocycles. The summed E-state index contributed by atoms with van der Waals surface area (Å²) in [4.78, 5) is 48.4. The number of thiophene rings is 1. The lowest BCUT2D eigenvalue weighted by Gasteiger charge is -2.41. The standard InChI is InChI=1S/C32H40ClN7O3S/c1-2-22-15-21(16-26(33)29(22)34)17-27(30(41)38-11-5-24(6-12-38)37-9-3-4-10-37)35-31(42)39-13-7-25(8-14-39)40-18-23-19-44-20-28(23)36-32(40)43/h1,15-16,19-20,24-25,27H,3-14,17-18,34H2,(H,35,42)(H,36,43)/t27-/m1/s1. The first-order chi connectivity index (χ1) is 21.3. The van der Waals surface area contributed by atoms with Crippen LogP contribution in [0.15, 0.2) is 22.9 Å². The Morgan fingerprint density at radius 1 is 1.05 bits per heavy atom. The number of nitrogens with zero attached hydrogens (tertiary/aromatic N) is 4. The molecule has 5 heterocycles. The second kappa shape index (κ2) is 13.3. The number of carbonyl (C=O) groups excluding carboxylic acids is 3. The van der Waals surface area contributed by atoms with Gasteiger partial charge in [-0.2, -0.15) is 0 Å². The van der Waals surface area contributed by atoms with Crippen LogP contribution in [0.5, 0.6) is 0 Å². The van der Waals surface area contributed by atoms with Crippen LogP contribution in [0.3, 0.4) is 0 Å². The number of nitrogens with one attached hydrogen (secondary N) is 2. The summed E-state index contributed by atoms with van der Waals surface area (Å²) in [6.07, 6.45) is 11.6. The second-order valence-corrected chi connectivity index (χ2v) is 13.4. The molecule has 3 saturated heterocycles. The van der Waals surface area contributed by atoms with E-state index in [2.05, 4.69) is 26.8 Å². The number of piperidine rings is 2. The number of nitrogen functional groups attached to an aromatic ring is 1. The monoisotopic (exact) mass is 637 g/mol. The number of rotatable bonds is 6. The predicted octanol–water partition coefficient (Wildman–Crippen LogP) is 4.18. The Kier molecular flexibility index (Phi) is 9.21. The summed E-state index contributed by atoms with van der Waals surface area (Å²) in [7, 11) is 0. The topological polar surface area (TPSA) is 114 Å². The van der Waals surface area contributed by atoms with Crippen molar-refractivity contribution in [2.45, 2.75) is 69.6 Å². The first-order valence-corrected chi connectivity index (χ1v) is 16.9. The van der Waals surface area contributed by atoms with Gasteiger partial charge in [0, 0.05) is 61.2 Å². The number of terminal acetylenes is 1. The highest BCUT2D eigenvalue weighted by Crippen LogP contribution is 2.31. The first kappa shape index (κ1) is 30.6. The van der Waals surface area contributed by atoms with E-state index in [4.69, 9.17) is 23.8 Å². The zero-order valence-electron chi connectivity index (χ0n) is 24.9. The third kappa shape index (κ3) is 6.48. The molecule has 0 spiro atoms. The van der Waals surface area contributed by atoms with E-state index in [1.165, 1.54) is 12.8 Å². The highest BCUT2D eigenvalue weighted by atomic mass is 35.5. The van der Waals surface area contributed by atoms with Crippen molar-refractivity contribution in [1.29, 1.82) is 0 Å². The fraction of sp³-hybridized carbons (Fsp3) is 0.531. The van der Waals surface area contributed by atoms with Crippen LogP contribution in [0.4, 0.5) is 21.0 Å². The molecule has 4 aliphatic heterocycles. The molecule has 4 aliphatic rings. The number of likely N-dealkylation sites (tertiary alicyclic amines) is 3. The number of hydrogen-bond acceptors (Lipinski definition) is 6. The van der Waals surface area contributed by atoms with Crippen LogP contribution in [0, 0.1) is 12.3 Å². The third-order valence-electron chi connectivity index (χ3n) is 9.59. The smallest absolute Gasteiger partial charge is 0.322 e. The highest BCUT2D eigenvalue weighted by Gasteiger charge is 2.36. The molecular weight excluding hydrogens is 598 g/mol. The SMILES string of the molecule is C#Cc1cc(C[C@@H](NC(=O)N2CCC(N3Cc4cscc4NC3=O)CC2)C(=O)N2CCC(N3CCCC3)CC2)cc(Cl)c1N. The third-order valence-corrected chi connectivity index (χ3v) is 10.7. The number of nitrogens with two attached hydrogens (primary N) is 1. The summed E-state index contributed by atoms with van der Waals surface area (Å²) in [6.45, 7) is 5.18. The second-order valence-electron chi connectivity index (χ2n) is 12.3. The molecule has 1 atom stereocenters. The molecule has 4 N–H and O–H groups in total. The van der Waals surface area contributed by atoms with Crippen LogP contribution in [0.2, 0.25) is 5.02 Å². The largest absolute Gasteiger partial charge is 0.397 e. The van der Waals surface area contributed by atoms with Gasteiger partial charge in [-0.25, -0.2) is 9.59 Å². The van der Waals surface area contributed by atoms with Gasteiger partial charge >= 0.3 is 12.1 Å². The van der Waals surface area contributed by atoms with Gasteiger partial charge in [-0.1, -0.05) is 17.5 Å². The highest BCUT2D eigenvalue weighted by molar-refractivity contribution is 7.08. The zero-order chi connectivity index (χ0) is 30.8. The fourth-order valence-electron chi connectivity index (χ4n) is 7.04.